The summed E-state index contributed by atoms with van der Waals surface area (Å²) in [7, 11) is 0. The van der Waals surface area contributed by atoms with Crippen LogP contribution in [-0.2, 0) is 9.53 Å². The summed E-state index contributed by atoms with van der Waals surface area (Å²) in [4.78, 5) is 12.6. The van der Waals surface area contributed by atoms with Gasteiger partial charge in [-0.05, 0) is 75.5 Å². The third-order valence-electron chi connectivity index (χ3n) is 7.54. The van der Waals surface area contributed by atoms with Crippen molar-refractivity contribution in [2.75, 3.05) is 0 Å². The van der Waals surface area contributed by atoms with E-state index in [2.05, 4.69) is 13.8 Å². The van der Waals surface area contributed by atoms with Crippen LogP contribution in [0, 0.1) is 29.6 Å². The molecule has 3 rings (SSSR count). The first-order valence-corrected chi connectivity index (χ1v) is 11.3. The van der Waals surface area contributed by atoms with E-state index in [-0.39, 0.29) is 18.0 Å². The first-order chi connectivity index (χ1) is 12.1. The third kappa shape index (κ3) is 5.73. The number of carbonyl (C=O) groups is 1. The fraction of sp³-hybridized carbons (Fsp3) is 0.957. The second-order valence-corrected chi connectivity index (χ2v) is 9.62. The molecule has 2 nitrogen and oxygen atoms in total. The summed E-state index contributed by atoms with van der Waals surface area (Å²) >= 11 is 0. The van der Waals surface area contributed by atoms with Crippen molar-refractivity contribution in [3.05, 3.63) is 0 Å². The molecule has 0 N–H and O–H groups in total. The second-order valence-electron chi connectivity index (χ2n) is 9.62. The lowest BCUT2D eigenvalue weighted by Gasteiger charge is -2.37. The summed E-state index contributed by atoms with van der Waals surface area (Å²) in [5, 5.41) is 0. The fourth-order valence-electron chi connectivity index (χ4n) is 5.82. The van der Waals surface area contributed by atoms with Gasteiger partial charge in [-0.1, -0.05) is 51.9 Å². The minimum atomic E-state index is 0.110. The minimum absolute atomic E-state index is 0.110. The first-order valence-electron chi connectivity index (χ1n) is 11.3. The highest BCUT2D eigenvalue weighted by Crippen LogP contribution is 2.41. The molecule has 2 heteroatoms. The van der Waals surface area contributed by atoms with E-state index in [1.165, 1.54) is 70.6 Å². The van der Waals surface area contributed by atoms with Gasteiger partial charge in [0.15, 0.2) is 0 Å². The van der Waals surface area contributed by atoms with Crippen molar-refractivity contribution in [1.29, 1.82) is 0 Å². The molecule has 1 atom stereocenters. The van der Waals surface area contributed by atoms with Crippen LogP contribution < -0.4 is 0 Å². The zero-order valence-corrected chi connectivity index (χ0v) is 16.7. The fourth-order valence-corrected chi connectivity index (χ4v) is 5.82. The second kappa shape index (κ2) is 9.42. The summed E-state index contributed by atoms with van der Waals surface area (Å²) in [6, 6.07) is 0. The van der Waals surface area contributed by atoms with Crippen LogP contribution in [0.5, 0.6) is 0 Å². The molecule has 0 aromatic carbocycles. The topological polar surface area (TPSA) is 26.3 Å². The van der Waals surface area contributed by atoms with Crippen LogP contribution in [0.4, 0.5) is 0 Å². The van der Waals surface area contributed by atoms with Crippen molar-refractivity contribution < 1.29 is 9.53 Å². The highest BCUT2D eigenvalue weighted by atomic mass is 16.5. The Morgan fingerprint density at radius 1 is 0.840 bits per heavy atom. The van der Waals surface area contributed by atoms with Crippen LogP contribution in [-0.4, -0.2) is 12.1 Å². The molecule has 0 heterocycles. The lowest BCUT2D eigenvalue weighted by Crippen LogP contribution is -2.30. The SMILES string of the molecule is CC1CCC(C2CCC(C(=O)OC(C)CC3CCCCC3)CC2)CC1. The van der Waals surface area contributed by atoms with Crippen molar-refractivity contribution in [3.63, 3.8) is 0 Å². The maximum Gasteiger partial charge on any atom is 0.309 e. The van der Waals surface area contributed by atoms with E-state index in [4.69, 9.17) is 4.74 Å². The molecule has 0 radical (unpaired) electrons. The number of rotatable bonds is 5. The molecule has 0 aromatic heterocycles. The highest BCUT2D eigenvalue weighted by molar-refractivity contribution is 5.72. The zero-order chi connectivity index (χ0) is 17.6. The van der Waals surface area contributed by atoms with Gasteiger partial charge in [-0.25, -0.2) is 0 Å². The quantitative estimate of drug-likeness (QED) is 0.529. The van der Waals surface area contributed by atoms with Crippen molar-refractivity contribution in [2.45, 2.75) is 110 Å². The van der Waals surface area contributed by atoms with Crippen LogP contribution in [0.3, 0.4) is 0 Å². The van der Waals surface area contributed by atoms with Gasteiger partial charge < -0.3 is 4.74 Å². The normalized spacial score (nSPS) is 35.9. The smallest absolute Gasteiger partial charge is 0.309 e. The standard InChI is InChI=1S/C23H40O2/c1-17-8-10-20(11-9-17)21-12-14-22(15-13-21)23(24)25-18(2)16-19-6-4-3-5-7-19/h17-22H,3-16H2,1-2H3. The van der Waals surface area contributed by atoms with Gasteiger partial charge in [0, 0.05) is 0 Å². The monoisotopic (exact) mass is 348 g/mol. The van der Waals surface area contributed by atoms with Gasteiger partial charge in [0.25, 0.3) is 0 Å². The van der Waals surface area contributed by atoms with Crippen molar-refractivity contribution in [2.24, 2.45) is 29.6 Å². The van der Waals surface area contributed by atoms with E-state index in [1.807, 2.05) is 0 Å². The maximum atomic E-state index is 12.6. The van der Waals surface area contributed by atoms with Gasteiger partial charge >= 0.3 is 5.97 Å². The Hall–Kier alpha value is -0.530. The Bertz CT molecular complexity index is 396. The van der Waals surface area contributed by atoms with E-state index in [1.54, 1.807) is 0 Å². The third-order valence-corrected chi connectivity index (χ3v) is 7.54. The zero-order valence-electron chi connectivity index (χ0n) is 16.7. The predicted molar refractivity (Wildman–Crippen MR) is 103 cm³/mol. The van der Waals surface area contributed by atoms with E-state index in [0.717, 1.165) is 42.9 Å². The molecule has 0 aromatic rings. The number of carbonyl (C=O) groups excluding carboxylic acids is 1. The Morgan fingerprint density at radius 2 is 1.40 bits per heavy atom. The Kier molecular flexibility index (Phi) is 7.25. The molecule has 1 unspecified atom stereocenters. The number of ether oxygens (including phenoxy) is 1. The van der Waals surface area contributed by atoms with Crippen LogP contribution in [0.2, 0.25) is 0 Å². The lowest BCUT2D eigenvalue weighted by atomic mass is 9.69. The molecule has 0 aliphatic heterocycles. The van der Waals surface area contributed by atoms with Gasteiger partial charge in [0.05, 0.1) is 12.0 Å². The first kappa shape index (κ1) is 19.2. The molecule has 3 saturated carbocycles. The average Bonchev–Trinajstić information content (AvgIpc) is 2.63. The summed E-state index contributed by atoms with van der Waals surface area (Å²) < 4.78 is 5.85. The highest BCUT2D eigenvalue weighted by Gasteiger charge is 2.33. The van der Waals surface area contributed by atoms with E-state index in [9.17, 15) is 4.79 Å². The largest absolute Gasteiger partial charge is 0.462 e. The minimum Gasteiger partial charge on any atom is -0.462 e. The van der Waals surface area contributed by atoms with Crippen LogP contribution in [0.15, 0.2) is 0 Å². The Morgan fingerprint density at radius 3 is 2.00 bits per heavy atom. The number of hydrogen-bond acceptors (Lipinski definition) is 2. The average molecular weight is 349 g/mol. The molecule has 3 aliphatic rings. The van der Waals surface area contributed by atoms with Gasteiger partial charge in [0.1, 0.15) is 0 Å². The predicted octanol–water partition coefficient (Wildman–Crippen LogP) is 6.52. The Labute approximate surface area is 155 Å². The summed E-state index contributed by atoms with van der Waals surface area (Å²) in [6.45, 7) is 4.51. The van der Waals surface area contributed by atoms with Gasteiger partial charge in [-0.3, -0.25) is 4.79 Å². The molecule has 0 bridgehead atoms. The Balaban J connectivity index is 1.36. The molecule has 144 valence electrons. The van der Waals surface area contributed by atoms with E-state index in [0.29, 0.717) is 0 Å². The molecular formula is C23H40O2. The van der Waals surface area contributed by atoms with Crippen LogP contribution >= 0.6 is 0 Å². The lowest BCUT2D eigenvalue weighted by molar-refractivity contribution is -0.155. The summed E-state index contributed by atoms with van der Waals surface area (Å²) in [6.07, 6.45) is 18.4. The molecule has 0 spiro atoms. The molecule has 3 aliphatic carbocycles. The van der Waals surface area contributed by atoms with E-state index >= 15 is 0 Å². The van der Waals surface area contributed by atoms with Gasteiger partial charge in [-0.15, -0.1) is 0 Å². The van der Waals surface area contributed by atoms with Crippen LogP contribution in [0.1, 0.15) is 104 Å². The summed E-state index contributed by atoms with van der Waals surface area (Å²) in [5.41, 5.74) is 0. The molecule has 3 fully saturated rings. The molecular weight excluding hydrogens is 308 g/mol. The summed E-state index contributed by atoms with van der Waals surface area (Å²) in [5.74, 6) is 3.86. The van der Waals surface area contributed by atoms with Gasteiger partial charge in [0.2, 0.25) is 0 Å². The van der Waals surface area contributed by atoms with Crippen LogP contribution in [0.25, 0.3) is 0 Å². The molecule has 0 saturated heterocycles. The van der Waals surface area contributed by atoms with Gasteiger partial charge in [-0.2, -0.15) is 0 Å². The molecule has 0 amide bonds. The molecule has 25 heavy (non-hydrogen) atoms. The number of esters is 1. The van der Waals surface area contributed by atoms with Crippen molar-refractivity contribution >= 4 is 5.97 Å². The van der Waals surface area contributed by atoms with E-state index < -0.39 is 0 Å². The van der Waals surface area contributed by atoms with Crippen molar-refractivity contribution in [1.82, 2.24) is 0 Å². The maximum absolute atomic E-state index is 12.6. The number of hydrogen-bond donors (Lipinski definition) is 0. The van der Waals surface area contributed by atoms with Crippen molar-refractivity contribution in [3.8, 4) is 0 Å².